The van der Waals surface area contributed by atoms with Crippen LogP contribution in [0.3, 0.4) is 0 Å². The summed E-state index contributed by atoms with van der Waals surface area (Å²) in [4.78, 5) is 15.0. The Balaban J connectivity index is 1.59. The number of amides is 1. The third-order valence-electron chi connectivity index (χ3n) is 4.51. The van der Waals surface area contributed by atoms with Gasteiger partial charge in [-0.2, -0.15) is 0 Å². The number of nitrogens with zero attached hydrogens (tertiary/aromatic N) is 1. The van der Waals surface area contributed by atoms with E-state index in [-0.39, 0.29) is 11.9 Å². The van der Waals surface area contributed by atoms with Gasteiger partial charge in [0.1, 0.15) is 11.5 Å². The van der Waals surface area contributed by atoms with E-state index in [4.69, 9.17) is 9.47 Å². The van der Waals surface area contributed by atoms with Gasteiger partial charge in [-0.15, -0.1) is 0 Å². The van der Waals surface area contributed by atoms with Crippen LogP contribution in [0.15, 0.2) is 48.5 Å². The first kappa shape index (κ1) is 17.3. The molecular formula is C20H24N2O3. The summed E-state index contributed by atoms with van der Waals surface area (Å²) in [5, 5.41) is 3.12. The smallest absolute Gasteiger partial charge is 0.255 e. The molecule has 1 fully saturated rings. The lowest BCUT2D eigenvalue weighted by Gasteiger charge is -2.17. The molecule has 3 rings (SSSR count). The maximum Gasteiger partial charge on any atom is 0.255 e. The van der Waals surface area contributed by atoms with Crippen molar-refractivity contribution < 1.29 is 14.3 Å². The van der Waals surface area contributed by atoms with Gasteiger partial charge in [-0.1, -0.05) is 30.3 Å². The van der Waals surface area contributed by atoms with Crippen molar-refractivity contribution in [3.05, 3.63) is 59.7 Å². The molecular weight excluding hydrogens is 316 g/mol. The molecule has 1 aliphatic heterocycles. The fourth-order valence-electron chi connectivity index (χ4n) is 3.18. The van der Waals surface area contributed by atoms with Crippen LogP contribution in [0.4, 0.5) is 0 Å². The second kappa shape index (κ2) is 8.03. The predicted molar refractivity (Wildman–Crippen MR) is 97.1 cm³/mol. The number of rotatable bonds is 6. The van der Waals surface area contributed by atoms with Crippen LogP contribution in [-0.2, 0) is 6.54 Å². The molecule has 1 amide bonds. The van der Waals surface area contributed by atoms with E-state index in [1.54, 1.807) is 32.4 Å². The third kappa shape index (κ3) is 4.31. The Morgan fingerprint density at radius 2 is 1.96 bits per heavy atom. The Bertz CT molecular complexity index is 718. The lowest BCUT2D eigenvalue weighted by Crippen LogP contribution is -2.37. The minimum Gasteiger partial charge on any atom is -0.497 e. The zero-order valence-corrected chi connectivity index (χ0v) is 14.7. The molecule has 5 nitrogen and oxygen atoms in total. The van der Waals surface area contributed by atoms with E-state index in [9.17, 15) is 4.79 Å². The van der Waals surface area contributed by atoms with Gasteiger partial charge >= 0.3 is 0 Å². The minimum atomic E-state index is -0.105. The Morgan fingerprint density at radius 3 is 2.68 bits per heavy atom. The Hall–Kier alpha value is -2.53. The SMILES string of the molecule is COc1ccc(C(=O)NC2CCN(Cc3ccccc3)C2)c(OC)c1. The minimum absolute atomic E-state index is 0.105. The summed E-state index contributed by atoms with van der Waals surface area (Å²) >= 11 is 0. The molecule has 25 heavy (non-hydrogen) atoms. The molecule has 1 N–H and O–H groups in total. The average Bonchev–Trinajstić information content (AvgIpc) is 3.08. The molecule has 1 atom stereocenters. The van der Waals surface area contributed by atoms with Gasteiger partial charge in [0.25, 0.3) is 5.91 Å². The molecule has 132 valence electrons. The molecule has 0 aliphatic carbocycles. The summed E-state index contributed by atoms with van der Waals surface area (Å²) in [5.74, 6) is 1.09. The van der Waals surface area contributed by atoms with Gasteiger partial charge in [0, 0.05) is 31.7 Å². The molecule has 1 heterocycles. The van der Waals surface area contributed by atoms with E-state index in [2.05, 4.69) is 34.5 Å². The summed E-state index contributed by atoms with van der Waals surface area (Å²) in [7, 11) is 3.15. The zero-order chi connectivity index (χ0) is 17.6. The van der Waals surface area contributed by atoms with Gasteiger partial charge in [0.15, 0.2) is 0 Å². The van der Waals surface area contributed by atoms with E-state index in [1.807, 2.05) is 6.07 Å². The van der Waals surface area contributed by atoms with Crippen molar-refractivity contribution in [2.45, 2.75) is 19.0 Å². The van der Waals surface area contributed by atoms with Gasteiger partial charge in [-0.05, 0) is 24.1 Å². The van der Waals surface area contributed by atoms with Gasteiger partial charge < -0.3 is 14.8 Å². The van der Waals surface area contributed by atoms with Crippen LogP contribution in [0.1, 0.15) is 22.3 Å². The Morgan fingerprint density at radius 1 is 1.16 bits per heavy atom. The van der Waals surface area contributed by atoms with Crippen LogP contribution < -0.4 is 14.8 Å². The number of carbonyl (C=O) groups is 1. The molecule has 1 saturated heterocycles. The standard InChI is InChI=1S/C20H24N2O3/c1-24-17-8-9-18(19(12-17)25-2)20(23)21-16-10-11-22(14-16)13-15-6-4-3-5-7-15/h3-9,12,16H,10-11,13-14H2,1-2H3,(H,21,23). The number of hydrogen-bond acceptors (Lipinski definition) is 4. The van der Waals surface area contributed by atoms with Crippen LogP contribution in [-0.4, -0.2) is 44.2 Å². The summed E-state index contributed by atoms with van der Waals surface area (Å²) in [6, 6.07) is 15.8. The van der Waals surface area contributed by atoms with Crippen molar-refractivity contribution in [1.82, 2.24) is 10.2 Å². The normalized spacial score (nSPS) is 17.3. The van der Waals surface area contributed by atoms with Crippen LogP contribution in [0.25, 0.3) is 0 Å². The quantitative estimate of drug-likeness (QED) is 0.878. The highest BCUT2D eigenvalue weighted by Crippen LogP contribution is 2.25. The van der Waals surface area contributed by atoms with Crippen molar-refractivity contribution in [2.75, 3.05) is 27.3 Å². The van der Waals surface area contributed by atoms with E-state index >= 15 is 0 Å². The zero-order valence-electron chi connectivity index (χ0n) is 14.7. The Labute approximate surface area is 148 Å². The van der Waals surface area contributed by atoms with Crippen molar-refractivity contribution in [3.8, 4) is 11.5 Å². The average molecular weight is 340 g/mol. The van der Waals surface area contributed by atoms with Gasteiger partial charge in [-0.25, -0.2) is 0 Å². The molecule has 0 aromatic heterocycles. The second-order valence-electron chi connectivity index (χ2n) is 6.25. The molecule has 0 saturated carbocycles. The van der Waals surface area contributed by atoms with Crippen LogP contribution in [0.2, 0.25) is 0 Å². The highest BCUT2D eigenvalue weighted by atomic mass is 16.5. The maximum absolute atomic E-state index is 12.6. The lowest BCUT2D eigenvalue weighted by molar-refractivity contribution is 0.0934. The van der Waals surface area contributed by atoms with Gasteiger partial charge in [-0.3, -0.25) is 9.69 Å². The topological polar surface area (TPSA) is 50.8 Å². The van der Waals surface area contributed by atoms with Crippen molar-refractivity contribution in [2.24, 2.45) is 0 Å². The van der Waals surface area contributed by atoms with E-state index < -0.39 is 0 Å². The fraction of sp³-hybridized carbons (Fsp3) is 0.350. The lowest BCUT2D eigenvalue weighted by atomic mass is 10.1. The number of carbonyl (C=O) groups excluding carboxylic acids is 1. The van der Waals surface area contributed by atoms with E-state index in [1.165, 1.54) is 5.56 Å². The third-order valence-corrected chi connectivity index (χ3v) is 4.51. The second-order valence-corrected chi connectivity index (χ2v) is 6.25. The number of benzene rings is 2. The van der Waals surface area contributed by atoms with Gasteiger partial charge in [0.05, 0.1) is 19.8 Å². The predicted octanol–water partition coefficient (Wildman–Crippen LogP) is 2.71. The molecule has 1 aliphatic rings. The highest BCUT2D eigenvalue weighted by molar-refractivity contribution is 5.97. The summed E-state index contributed by atoms with van der Waals surface area (Å²) in [5.41, 5.74) is 1.83. The number of nitrogens with one attached hydrogen (secondary N) is 1. The largest absolute Gasteiger partial charge is 0.497 e. The molecule has 0 radical (unpaired) electrons. The Kier molecular flexibility index (Phi) is 5.56. The molecule has 2 aromatic carbocycles. The molecule has 5 heteroatoms. The number of likely N-dealkylation sites (tertiary alicyclic amines) is 1. The maximum atomic E-state index is 12.6. The van der Waals surface area contributed by atoms with Crippen molar-refractivity contribution in [1.29, 1.82) is 0 Å². The number of hydrogen-bond donors (Lipinski definition) is 1. The molecule has 0 spiro atoms. The highest BCUT2D eigenvalue weighted by Gasteiger charge is 2.25. The summed E-state index contributed by atoms with van der Waals surface area (Å²) in [6.07, 6.45) is 0.955. The molecule has 0 bridgehead atoms. The van der Waals surface area contributed by atoms with Crippen molar-refractivity contribution >= 4 is 5.91 Å². The van der Waals surface area contributed by atoms with Gasteiger partial charge in [0.2, 0.25) is 0 Å². The van der Waals surface area contributed by atoms with Crippen LogP contribution >= 0.6 is 0 Å². The monoisotopic (exact) mass is 340 g/mol. The fourth-order valence-corrected chi connectivity index (χ4v) is 3.18. The van der Waals surface area contributed by atoms with E-state index in [0.29, 0.717) is 17.1 Å². The molecule has 2 aromatic rings. The van der Waals surface area contributed by atoms with Crippen LogP contribution in [0.5, 0.6) is 11.5 Å². The first-order valence-electron chi connectivity index (χ1n) is 8.48. The summed E-state index contributed by atoms with van der Waals surface area (Å²) < 4.78 is 10.5. The number of ether oxygens (including phenoxy) is 2. The number of methoxy groups -OCH3 is 2. The first-order chi connectivity index (χ1) is 12.2. The molecule has 1 unspecified atom stereocenters. The first-order valence-corrected chi connectivity index (χ1v) is 8.48. The van der Waals surface area contributed by atoms with E-state index in [0.717, 1.165) is 26.1 Å². The summed E-state index contributed by atoms with van der Waals surface area (Å²) in [6.45, 7) is 2.76. The van der Waals surface area contributed by atoms with Crippen molar-refractivity contribution in [3.63, 3.8) is 0 Å². The van der Waals surface area contributed by atoms with Crippen LogP contribution in [0, 0.1) is 0 Å².